The maximum atomic E-state index is 12.8. The fourth-order valence-electron chi connectivity index (χ4n) is 2.98. The van der Waals surface area contributed by atoms with Crippen molar-refractivity contribution in [3.63, 3.8) is 0 Å². The molecule has 1 aromatic rings. The Morgan fingerprint density at radius 2 is 2.04 bits per heavy atom. The monoisotopic (exact) mass is 335 g/mol. The molecule has 0 unspecified atom stereocenters. The minimum atomic E-state index is 0.0214. The molecule has 24 heavy (non-hydrogen) atoms. The number of benzene rings is 1. The van der Waals surface area contributed by atoms with Gasteiger partial charge >= 0.3 is 0 Å². The summed E-state index contributed by atoms with van der Waals surface area (Å²) in [5.41, 5.74) is 0.621. The molecule has 0 aromatic heterocycles. The van der Waals surface area contributed by atoms with Crippen molar-refractivity contribution in [3.8, 4) is 11.5 Å². The van der Waals surface area contributed by atoms with Crippen LogP contribution < -0.4 is 9.47 Å². The molecule has 0 radical (unpaired) electrons. The molecule has 5 nitrogen and oxygen atoms in total. The highest BCUT2D eigenvalue weighted by molar-refractivity contribution is 5.95. The number of rotatable bonds is 7. The van der Waals surface area contributed by atoms with E-state index in [0.29, 0.717) is 42.7 Å². The van der Waals surface area contributed by atoms with Crippen LogP contribution in [0.25, 0.3) is 0 Å². The van der Waals surface area contributed by atoms with E-state index in [-0.39, 0.29) is 12.0 Å². The first-order valence-electron chi connectivity index (χ1n) is 8.68. The minimum Gasteiger partial charge on any atom is -0.493 e. The number of morpholine rings is 1. The van der Waals surface area contributed by atoms with Crippen LogP contribution in [0.5, 0.6) is 11.5 Å². The zero-order chi connectivity index (χ0) is 17.5. The van der Waals surface area contributed by atoms with E-state index in [0.717, 1.165) is 12.8 Å². The predicted molar refractivity (Wildman–Crippen MR) is 93.9 cm³/mol. The lowest BCUT2D eigenvalue weighted by molar-refractivity contribution is -0.0260. The molecule has 1 atom stereocenters. The van der Waals surface area contributed by atoms with E-state index in [4.69, 9.17) is 14.2 Å². The van der Waals surface area contributed by atoms with Gasteiger partial charge in [-0.3, -0.25) is 4.79 Å². The summed E-state index contributed by atoms with van der Waals surface area (Å²) in [5.74, 6) is 1.93. The van der Waals surface area contributed by atoms with Crippen LogP contribution >= 0.6 is 0 Å². The van der Waals surface area contributed by atoms with Gasteiger partial charge in [0, 0.05) is 18.7 Å². The van der Waals surface area contributed by atoms with Crippen LogP contribution in [0.4, 0.5) is 0 Å². The third-order valence-corrected chi connectivity index (χ3v) is 4.36. The second kappa shape index (κ2) is 8.92. The molecule has 1 fully saturated rings. The Labute approximate surface area is 144 Å². The fraction of sp³-hybridized carbons (Fsp3) is 0.632. The maximum Gasteiger partial charge on any atom is 0.254 e. The largest absolute Gasteiger partial charge is 0.493 e. The van der Waals surface area contributed by atoms with Gasteiger partial charge in [0.25, 0.3) is 5.91 Å². The third-order valence-electron chi connectivity index (χ3n) is 4.36. The number of carbonyl (C=O) groups is 1. The first-order chi connectivity index (χ1) is 11.5. The van der Waals surface area contributed by atoms with Crippen molar-refractivity contribution < 1.29 is 19.0 Å². The number of methoxy groups -OCH3 is 2. The summed E-state index contributed by atoms with van der Waals surface area (Å²) >= 11 is 0. The van der Waals surface area contributed by atoms with E-state index in [1.807, 2.05) is 4.90 Å². The van der Waals surface area contributed by atoms with E-state index in [1.54, 1.807) is 32.4 Å². The van der Waals surface area contributed by atoms with Crippen LogP contribution in [-0.4, -0.2) is 50.8 Å². The van der Waals surface area contributed by atoms with Crippen LogP contribution in [0.2, 0.25) is 0 Å². The van der Waals surface area contributed by atoms with Crippen molar-refractivity contribution in [1.82, 2.24) is 4.90 Å². The number of amides is 1. The second-order valence-electron chi connectivity index (χ2n) is 6.64. The Hall–Kier alpha value is -1.75. The molecule has 0 spiro atoms. The Bertz CT molecular complexity index is 544. The first-order valence-corrected chi connectivity index (χ1v) is 8.68. The maximum absolute atomic E-state index is 12.8. The molecular weight excluding hydrogens is 306 g/mol. The van der Waals surface area contributed by atoms with Crippen molar-refractivity contribution in [2.45, 2.75) is 39.2 Å². The average molecular weight is 335 g/mol. The lowest BCUT2D eigenvalue weighted by Crippen LogP contribution is -2.45. The molecule has 0 saturated carbocycles. The smallest absolute Gasteiger partial charge is 0.254 e. The summed E-state index contributed by atoms with van der Waals surface area (Å²) in [6.07, 6.45) is 3.49. The minimum absolute atomic E-state index is 0.0214. The summed E-state index contributed by atoms with van der Waals surface area (Å²) < 4.78 is 16.3. The molecule has 1 aromatic carbocycles. The number of hydrogen-bond acceptors (Lipinski definition) is 4. The van der Waals surface area contributed by atoms with Crippen LogP contribution in [0.15, 0.2) is 18.2 Å². The highest BCUT2D eigenvalue weighted by Gasteiger charge is 2.25. The van der Waals surface area contributed by atoms with E-state index < -0.39 is 0 Å². The Morgan fingerprint density at radius 1 is 1.29 bits per heavy atom. The molecule has 1 amide bonds. The van der Waals surface area contributed by atoms with Crippen LogP contribution in [0.3, 0.4) is 0 Å². The Balaban J connectivity index is 1.98. The van der Waals surface area contributed by atoms with E-state index in [1.165, 1.54) is 6.42 Å². The van der Waals surface area contributed by atoms with Crippen molar-refractivity contribution in [2.24, 2.45) is 5.92 Å². The van der Waals surface area contributed by atoms with Crippen molar-refractivity contribution in [3.05, 3.63) is 23.8 Å². The zero-order valence-corrected chi connectivity index (χ0v) is 15.2. The van der Waals surface area contributed by atoms with Gasteiger partial charge in [-0.1, -0.05) is 26.7 Å². The molecule has 0 N–H and O–H groups in total. The molecule has 1 saturated heterocycles. The summed E-state index contributed by atoms with van der Waals surface area (Å²) in [6, 6.07) is 5.30. The standard InChI is InChI=1S/C19H29NO4/c1-14(2)6-5-7-16-13-20(10-11-24-16)19(21)15-8-9-17(22-3)18(12-15)23-4/h8-9,12,14,16H,5-7,10-11,13H2,1-4H3/t16-/m1/s1. The van der Waals surface area contributed by atoms with E-state index >= 15 is 0 Å². The average Bonchev–Trinajstić information content (AvgIpc) is 2.60. The first kappa shape index (κ1) is 18.6. The number of carbonyl (C=O) groups excluding carboxylic acids is 1. The topological polar surface area (TPSA) is 48.0 Å². The van der Waals surface area contributed by atoms with Crippen LogP contribution in [0.1, 0.15) is 43.5 Å². The molecule has 2 rings (SSSR count). The molecule has 5 heteroatoms. The zero-order valence-electron chi connectivity index (χ0n) is 15.2. The third kappa shape index (κ3) is 4.87. The van der Waals surface area contributed by atoms with Gasteiger partial charge in [-0.25, -0.2) is 0 Å². The summed E-state index contributed by atoms with van der Waals surface area (Å²) in [7, 11) is 3.16. The van der Waals surface area contributed by atoms with Gasteiger partial charge in [0.15, 0.2) is 11.5 Å². The van der Waals surface area contributed by atoms with E-state index in [2.05, 4.69) is 13.8 Å². The van der Waals surface area contributed by atoms with Gasteiger partial charge < -0.3 is 19.1 Å². The number of nitrogens with zero attached hydrogens (tertiary/aromatic N) is 1. The Morgan fingerprint density at radius 3 is 2.71 bits per heavy atom. The molecule has 1 aliphatic rings. The molecule has 1 aliphatic heterocycles. The quantitative estimate of drug-likeness (QED) is 0.766. The molecule has 0 aliphatic carbocycles. The Kier molecular flexibility index (Phi) is 6.91. The fourth-order valence-corrected chi connectivity index (χ4v) is 2.98. The van der Waals surface area contributed by atoms with Crippen molar-refractivity contribution in [2.75, 3.05) is 33.9 Å². The van der Waals surface area contributed by atoms with E-state index in [9.17, 15) is 4.79 Å². The summed E-state index contributed by atoms with van der Waals surface area (Å²) in [5, 5.41) is 0. The molecule has 134 valence electrons. The van der Waals surface area contributed by atoms with Crippen molar-refractivity contribution >= 4 is 5.91 Å². The lowest BCUT2D eigenvalue weighted by Gasteiger charge is -2.33. The SMILES string of the molecule is COc1ccc(C(=O)N2CCO[C@H](CCCC(C)C)C2)cc1OC. The van der Waals surface area contributed by atoms with Crippen molar-refractivity contribution in [1.29, 1.82) is 0 Å². The summed E-state index contributed by atoms with van der Waals surface area (Å²) in [4.78, 5) is 14.6. The highest BCUT2D eigenvalue weighted by atomic mass is 16.5. The number of hydrogen-bond donors (Lipinski definition) is 0. The van der Waals surface area contributed by atoms with Gasteiger partial charge in [0.1, 0.15) is 0 Å². The van der Waals surface area contributed by atoms with Crippen LogP contribution in [-0.2, 0) is 4.74 Å². The van der Waals surface area contributed by atoms with Crippen LogP contribution in [0, 0.1) is 5.92 Å². The summed E-state index contributed by atoms with van der Waals surface area (Å²) in [6.45, 7) is 6.35. The van der Waals surface area contributed by atoms with Gasteiger partial charge in [-0.15, -0.1) is 0 Å². The molecule has 0 bridgehead atoms. The van der Waals surface area contributed by atoms with Gasteiger partial charge in [0.05, 0.1) is 26.9 Å². The van der Waals surface area contributed by atoms with Gasteiger partial charge in [0.2, 0.25) is 0 Å². The normalized spacial score (nSPS) is 17.9. The lowest BCUT2D eigenvalue weighted by atomic mass is 10.0. The molecule has 1 heterocycles. The second-order valence-corrected chi connectivity index (χ2v) is 6.64. The highest BCUT2D eigenvalue weighted by Crippen LogP contribution is 2.28. The van der Waals surface area contributed by atoms with Gasteiger partial charge in [-0.2, -0.15) is 0 Å². The number of ether oxygens (including phenoxy) is 3. The van der Waals surface area contributed by atoms with Gasteiger partial charge in [-0.05, 0) is 30.5 Å². The predicted octanol–water partition coefficient (Wildman–Crippen LogP) is 3.37. The molecular formula is C19H29NO4.